The lowest BCUT2D eigenvalue weighted by Gasteiger charge is -2.27. The summed E-state index contributed by atoms with van der Waals surface area (Å²) < 4.78 is 0. The lowest BCUT2D eigenvalue weighted by atomic mass is 9.94. The molecule has 0 aromatic heterocycles. The van der Waals surface area contributed by atoms with E-state index in [4.69, 9.17) is 0 Å². The van der Waals surface area contributed by atoms with Crippen LogP contribution in [0.1, 0.15) is 43.2 Å². The van der Waals surface area contributed by atoms with E-state index in [1.54, 1.807) is 0 Å². The van der Waals surface area contributed by atoms with Crippen LogP contribution in [0.5, 0.6) is 0 Å². The Morgan fingerprint density at radius 1 is 1.14 bits per heavy atom. The second-order valence-electron chi connectivity index (χ2n) is 6.64. The lowest BCUT2D eigenvalue weighted by molar-refractivity contribution is -0.133. The number of carbonyl (C=O) groups excluding carboxylic acids is 1. The van der Waals surface area contributed by atoms with Crippen LogP contribution in [0.15, 0.2) is 24.3 Å². The number of carbonyl (C=O) groups is 1. The summed E-state index contributed by atoms with van der Waals surface area (Å²) >= 11 is 0. The van der Waals surface area contributed by atoms with Gasteiger partial charge in [-0.1, -0.05) is 29.8 Å². The van der Waals surface area contributed by atoms with Gasteiger partial charge in [-0.05, 0) is 57.2 Å². The standard InChI is InChI=1S/C18H26N2O/c1-14-2-4-16(5-3-14)13-20(17-6-7-17)18(21)12-15-8-10-19-11-9-15/h2-5,15,17,19H,6-13H2,1H3. The SMILES string of the molecule is Cc1ccc(CN(C(=O)CC2CCNCC2)C2CC2)cc1. The molecule has 1 aromatic rings. The molecule has 21 heavy (non-hydrogen) atoms. The highest BCUT2D eigenvalue weighted by molar-refractivity contribution is 5.77. The van der Waals surface area contributed by atoms with Gasteiger partial charge in [-0.3, -0.25) is 4.79 Å². The maximum Gasteiger partial charge on any atom is 0.223 e. The van der Waals surface area contributed by atoms with E-state index in [9.17, 15) is 4.79 Å². The van der Waals surface area contributed by atoms with E-state index >= 15 is 0 Å². The minimum atomic E-state index is 0.366. The first-order valence-electron chi connectivity index (χ1n) is 8.28. The van der Waals surface area contributed by atoms with Gasteiger partial charge in [0.25, 0.3) is 0 Å². The van der Waals surface area contributed by atoms with Crippen molar-refractivity contribution in [2.75, 3.05) is 13.1 Å². The number of hydrogen-bond donors (Lipinski definition) is 1. The molecule has 1 N–H and O–H groups in total. The summed E-state index contributed by atoms with van der Waals surface area (Å²) in [6.45, 7) is 5.03. The molecule has 1 saturated carbocycles. The second kappa shape index (κ2) is 6.61. The third-order valence-electron chi connectivity index (χ3n) is 4.70. The van der Waals surface area contributed by atoms with Crippen LogP contribution in [0.4, 0.5) is 0 Å². The molecule has 0 radical (unpaired) electrons. The van der Waals surface area contributed by atoms with Crippen LogP contribution in [-0.4, -0.2) is 29.9 Å². The first-order valence-corrected chi connectivity index (χ1v) is 8.28. The normalized spacial score (nSPS) is 19.5. The Bertz CT molecular complexity index is 472. The number of piperidine rings is 1. The number of benzene rings is 1. The van der Waals surface area contributed by atoms with E-state index in [-0.39, 0.29) is 0 Å². The van der Waals surface area contributed by atoms with Crippen LogP contribution in [0.25, 0.3) is 0 Å². The zero-order valence-corrected chi connectivity index (χ0v) is 13.0. The van der Waals surface area contributed by atoms with Crippen LogP contribution in [0, 0.1) is 12.8 Å². The summed E-state index contributed by atoms with van der Waals surface area (Å²) in [5.41, 5.74) is 2.53. The fraction of sp³-hybridized carbons (Fsp3) is 0.611. The molecular formula is C18H26N2O. The van der Waals surface area contributed by atoms with Gasteiger partial charge in [0.05, 0.1) is 0 Å². The second-order valence-corrected chi connectivity index (χ2v) is 6.64. The molecule has 1 amide bonds. The van der Waals surface area contributed by atoms with Crippen molar-refractivity contribution in [3.8, 4) is 0 Å². The minimum Gasteiger partial charge on any atom is -0.335 e. The topological polar surface area (TPSA) is 32.3 Å². The van der Waals surface area contributed by atoms with Crippen molar-refractivity contribution in [1.82, 2.24) is 10.2 Å². The number of nitrogens with zero attached hydrogens (tertiary/aromatic N) is 1. The van der Waals surface area contributed by atoms with Crippen molar-refractivity contribution >= 4 is 5.91 Å². The fourth-order valence-corrected chi connectivity index (χ4v) is 3.15. The highest BCUT2D eigenvalue weighted by Crippen LogP contribution is 2.30. The largest absolute Gasteiger partial charge is 0.335 e. The minimum absolute atomic E-state index is 0.366. The van der Waals surface area contributed by atoms with Crippen LogP contribution in [0.3, 0.4) is 0 Å². The molecule has 3 heteroatoms. The maximum atomic E-state index is 12.7. The Morgan fingerprint density at radius 3 is 2.43 bits per heavy atom. The van der Waals surface area contributed by atoms with Crippen LogP contribution < -0.4 is 5.32 Å². The first-order chi connectivity index (χ1) is 10.2. The van der Waals surface area contributed by atoms with Gasteiger partial charge in [-0.25, -0.2) is 0 Å². The number of nitrogens with one attached hydrogen (secondary N) is 1. The molecule has 1 aliphatic carbocycles. The molecule has 1 heterocycles. The average Bonchev–Trinajstić information content (AvgIpc) is 3.32. The molecule has 1 saturated heterocycles. The summed E-state index contributed by atoms with van der Waals surface area (Å²) in [6, 6.07) is 9.08. The predicted molar refractivity (Wildman–Crippen MR) is 85.0 cm³/mol. The summed E-state index contributed by atoms with van der Waals surface area (Å²) in [7, 11) is 0. The molecule has 2 fully saturated rings. The smallest absolute Gasteiger partial charge is 0.223 e. The fourth-order valence-electron chi connectivity index (χ4n) is 3.15. The summed E-state index contributed by atoms with van der Waals surface area (Å²) in [4.78, 5) is 14.8. The predicted octanol–water partition coefficient (Wildman–Crippen LogP) is 2.88. The zero-order chi connectivity index (χ0) is 14.7. The van der Waals surface area contributed by atoms with Gasteiger partial charge < -0.3 is 10.2 Å². The Labute approximate surface area is 127 Å². The van der Waals surface area contributed by atoms with Gasteiger partial charge in [-0.15, -0.1) is 0 Å². The molecule has 2 aliphatic rings. The van der Waals surface area contributed by atoms with Gasteiger partial charge in [-0.2, -0.15) is 0 Å². The van der Waals surface area contributed by atoms with Gasteiger partial charge in [0.2, 0.25) is 5.91 Å². The van der Waals surface area contributed by atoms with Crippen molar-refractivity contribution < 1.29 is 4.79 Å². The average molecular weight is 286 g/mol. The lowest BCUT2D eigenvalue weighted by Crippen LogP contribution is -2.36. The van der Waals surface area contributed by atoms with E-state index in [1.807, 2.05) is 0 Å². The Kier molecular flexibility index (Phi) is 4.59. The van der Waals surface area contributed by atoms with Gasteiger partial charge >= 0.3 is 0 Å². The summed E-state index contributed by atoms with van der Waals surface area (Å²) in [5.74, 6) is 0.947. The van der Waals surface area contributed by atoms with Crippen molar-refractivity contribution in [1.29, 1.82) is 0 Å². The third kappa shape index (κ3) is 4.07. The van der Waals surface area contributed by atoms with E-state index < -0.39 is 0 Å². The third-order valence-corrected chi connectivity index (χ3v) is 4.70. The molecular weight excluding hydrogens is 260 g/mol. The van der Waals surface area contributed by atoms with E-state index in [1.165, 1.54) is 24.0 Å². The van der Waals surface area contributed by atoms with Crippen molar-refractivity contribution in [2.45, 2.75) is 51.6 Å². The molecule has 114 valence electrons. The molecule has 0 atom stereocenters. The maximum absolute atomic E-state index is 12.7. The molecule has 1 aliphatic heterocycles. The number of amides is 1. The Hall–Kier alpha value is -1.35. The molecule has 3 nitrogen and oxygen atoms in total. The molecule has 0 bridgehead atoms. The Morgan fingerprint density at radius 2 is 1.81 bits per heavy atom. The molecule has 0 spiro atoms. The highest BCUT2D eigenvalue weighted by atomic mass is 16.2. The van der Waals surface area contributed by atoms with Crippen LogP contribution in [0.2, 0.25) is 0 Å². The van der Waals surface area contributed by atoms with E-state index in [2.05, 4.69) is 41.4 Å². The zero-order valence-electron chi connectivity index (χ0n) is 13.0. The van der Waals surface area contributed by atoms with Crippen LogP contribution in [-0.2, 0) is 11.3 Å². The molecule has 0 unspecified atom stereocenters. The van der Waals surface area contributed by atoms with Gasteiger partial charge in [0.1, 0.15) is 0 Å². The van der Waals surface area contributed by atoms with E-state index in [0.29, 0.717) is 17.9 Å². The van der Waals surface area contributed by atoms with Crippen molar-refractivity contribution in [3.05, 3.63) is 35.4 Å². The first kappa shape index (κ1) is 14.6. The summed E-state index contributed by atoms with van der Waals surface area (Å²) in [6.07, 6.45) is 5.40. The van der Waals surface area contributed by atoms with Gasteiger partial charge in [0, 0.05) is 19.0 Å². The van der Waals surface area contributed by atoms with Crippen molar-refractivity contribution in [2.24, 2.45) is 5.92 Å². The number of rotatable bonds is 5. The highest BCUT2D eigenvalue weighted by Gasteiger charge is 2.33. The van der Waals surface area contributed by atoms with Gasteiger partial charge in [0.15, 0.2) is 0 Å². The Balaban J connectivity index is 1.60. The van der Waals surface area contributed by atoms with Crippen LogP contribution >= 0.6 is 0 Å². The molecule has 1 aromatic carbocycles. The summed E-state index contributed by atoms with van der Waals surface area (Å²) in [5, 5.41) is 3.37. The van der Waals surface area contributed by atoms with E-state index in [0.717, 1.165) is 38.9 Å². The molecule has 3 rings (SSSR count). The monoisotopic (exact) mass is 286 g/mol. The quantitative estimate of drug-likeness (QED) is 0.902. The number of hydrogen-bond acceptors (Lipinski definition) is 2. The van der Waals surface area contributed by atoms with Crippen molar-refractivity contribution in [3.63, 3.8) is 0 Å². The number of aryl methyl sites for hydroxylation is 1.